The third-order valence-electron chi connectivity index (χ3n) is 2.82. The minimum absolute atomic E-state index is 0.0434. The van der Waals surface area contributed by atoms with Crippen LogP contribution >= 0.6 is 0 Å². The van der Waals surface area contributed by atoms with E-state index in [0.717, 1.165) is 5.56 Å². The molecular weight excluding hydrogens is 248 g/mol. The Hall–Kier alpha value is -2.28. The molecule has 0 aliphatic rings. The van der Waals surface area contributed by atoms with E-state index in [1.54, 1.807) is 19.5 Å². The van der Waals surface area contributed by atoms with Gasteiger partial charge in [0.05, 0.1) is 11.5 Å². The van der Waals surface area contributed by atoms with Crippen molar-refractivity contribution < 1.29 is 9.66 Å². The van der Waals surface area contributed by atoms with Crippen molar-refractivity contribution in [3.05, 3.63) is 40.2 Å². The molecule has 0 saturated heterocycles. The zero-order valence-corrected chi connectivity index (χ0v) is 10.7. The summed E-state index contributed by atoms with van der Waals surface area (Å²) in [7, 11) is 1.61. The quantitative estimate of drug-likeness (QED) is 0.606. The van der Waals surface area contributed by atoms with Crippen LogP contribution in [0, 0.1) is 17.0 Å². The molecule has 0 saturated carbocycles. The molecule has 0 radical (unpaired) electrons. The van der Waals surface area contributed by atoms with Crippen molar-refractivity contribution in [3.63, 3.8) is 0 Å². The maximum Gasteiger partial charge on any atom is 0.270 e. The zero-order chi connectivity index (χ0) is 13.8. The molecule has 0 N–H and O–H groups in total. The van der Waals surface area contributed by atoms with E-state index in [1.807, 2.05) is 11.5 Å². The van der Waals surface area contributed by atoms with Gasteiger partial charge in [-0.05, 0) is 12.5 Å². The van der Waals surface area contributed by atoms with Crippen LogP contribution in [0.2, 0.25) is 0 Å². The van der Waals surface area contributed by atoms with Crippen LogP contribution in [0.4, 0.5) is 5.69 Å². The largest absolute Gasteiger partial charge is 0.383 e. The Bertz CT molecular complexity index is 594. The van der Waals surface area contributed by atoms with E-state index in [0.29, 0.717) is 24.5 Å². The van der Waals surface area contributed by atoms with E-state index in [4.69, 9.17) is 4.74 Å². The highest BCUT2D eigenvalue weighted by molar-refractivity contribution is 5.63. The Morgan fingerprint density at radius 1 is 1.47 bits per heavy atom. The zero-order valence-electron chi connectivity index (χ0n) is 10.7. The molecule has 0 aliphatic heterocycles. The van der Waals surface area contributed by atoms with Gasteiger partial charge in [-0.25, -0.2) is 0 Å². The second-order valence-electron chi connectivity index (χ2n) is 4.10. The van der Waals surface area contributed by atoms with E-state index >= 15 is 0 Å². The van der Waals surface area contributed by atoms with Crippen molar-refractivity contribution in [2.24, 2.45) is 0 Å². The Morgan fingerprint density at radius 2 is 2.26 bits per heavy atom. The summed E-state index contributed by atoms with van der Waals surface area (Å²) in [6.45, 7) is 3.01. The van der Waals surface area contributed by atoms with E-state index in [-0.39, 0.29) is 5.69 Å². The average Bonchev–Trinajstić information content (AvgIpc) is 2.84. The SMILES string of the molecule is COCCn1cnnc1-c1cc([N+](=O)[O-])ccc1C. The molecule has 1 aromatic carbocycles. The minimum atomic E-state index is -0.418. The number of methoxy groups -OCH3 is 1. The Morgan fingerprint density at radius 3 is 2.95 bits per heavy atom. The molecule has 1 aromatic heterocycles. The van der Waals surface area contributed by atoms with Gasteiger partial charge in [0, 0.05) is 31.4 Å². The van der Waals surface area contributed by atoms with Crippen LogP contribution < -0.4 is 0 Å². The summed E-state index contributed by atoms with van der Waals surface area (Å²) in [5.41, 5.74) is 1.67. The van der Waals surface area contributed by atoms with Crippen molar-refractivity contribution in [2.45, 2.75) is 13.5 Å². The summed E-state index contributed by atoms with van der Waals surface area (Å²) in [4.78, 5) is 10.4. The molecule has 7 nitrogen and oxygen atoms in total. The van der Waals surface area contributed by atoms with Crippen molar-refractivity contribution in [2.75, 3.05) is 13.7 Å². The van der Waals surface area contributed by atoms with Gasteiger partial charge in [0.2, 0.25) is 0 Å². The standard InChI is InChI=1S/C12H14N4O3/c1-9-3-4-10(16(17)18)7-11(9)12-14-13-8-15(12)5-6-19-2/h3-4,7-8H,5-6H2,1-2H3. The number of nitro benzene ring substituents is 1. The average molecular weight is 262 g/mol. The van der Waals surface area contributed by atoms with Crippen LogP contribution in [0.1, 0.15) is 5.56 Å². The maximum atomic E-state index is 10.8. The number of nitro groups is 1. The first-order chi connectivity index (χ1) is 9.13. The van der Waals surface area contributed by atoms with E-state index in [9.17, 15) is 10.1 Å². The van der Waals surface area contributed by atoms with Crippen molar-refractivity contribution in [3.8, 4) is 11.4 Å². The Labute approximate surface area is 110 Å². The van der Waals surface area contributed by atoms with Gasteiger partial charge in [0.15, 0.2) is 5.82 Å². The normalized spacial score (nSPS) is 10.6. The third-order valence-corrected chi connectivity index (χ3v) is 2.82. The van der Waals surface area contributed by atoms with E-state index < -0.39 is 4.92 Å². The highest BCUT2D eigenvalue weighted by atomic mass is 16.6. The molecule has 0 bridgehead atoms. The van der Waals surface area contributed by atoms with Crippen molar-refractivity contribution in [1.82, 2.24) is 14.8 Å². The molecule has 2 rings (SSSR count). The van der Waals surface area contributed by atoms with Gasteiger partial charge in [-0.2, -0.15) is 0 Å². The fourth-order valence-corrected chi connectivity index (χ4v) is 1.78. The summed E-state index contributed by atoms with van der Waals surface area (Å²) >= 11 is 0. The molecule has 0 amide bonds. The van der Waals surface area contributed by atoms with Crippen molar-refractivity contribution in [1.29, 1.82) is 0 Å². The number of aryl methyl sites for hydroxylation is 1. The molecule has 0 spiro atoms. The topological polar surface area (TPSA) is 83.1 Å². The van der Waals surface area contributed by atoms with Crippen molar-refractivity contribution >= 4 is 5.69 Å². The fourth-order valence-electron chi connectivity index (χ4n) is 1.78. The number of benzene rings is 1. The monoisotopic (exact) mass is 262 g/mol. The van der Waals surface area contributed by atoms with Crippen LogP contribution in [0.15, 0.2) is 24.5 Å². The number of aromatic nitrogens is 3. The van der Waals surface area contributed by atoms with Crippen LogP contribution in [-0.4, -0.2) is 33.4 Å². The van der Waals surface area contributed by atoms with Gasteiger partial charge in [0.1, 0.15) is 6.33 Å². The molecule has 2 aromatic rings. The predicted octanol–water partition coefficient (Wildman–Crippen LogP) is 1.81. The first-order valence-corrected chi connectivity index (χ1v) is 5.75. The van der Waals surface area contributed by atoms with Gasteiger partial charge >= 0.3 is 0 Å². The summed E-state index contributed by atoms with van der Waals surface area (Å²) < 4.78 is 6.83. The molecule has 0 unspecified atom stereocenters. The Kier molecular flexibility index (Phi) is 3.86. The molecule has 1 heterocycles. The first kappa shape index (κ1) is 13.2. The lowest BCUT2D eigenvalue weighted by atomic mass is 10.1. The predicted molar refractivity (Wildman–Crippen MR) is 68.7 cm³/mol. The van der Waals surface area contributed by atoms with Gasteiger partial charge in [0.25, 0.3) is 5.69 Å². The van der Waals surface area contributed by atoms with Crippen LogP contribution in [-0.2, 0) is 11.3 Å². The fraction of sp³-hybridized carbons (Fsp3) is 0.333. The van der Waals surface area contributed by atoms with Gasteiger partial charge in [-0.1, -0.05) is 6.07 Å². The number of non-ortho nitro benzene ring substituents is 1. The van der Waals surface area contributed by atoms with Gasteiger partial charge in [-0.3, -0.25) is 10.1 Å². The van der Waals surface area contributed by atoms with Crippen LogP contribution in [0.5, 0.6) is 0 Å². The molecule has 100 valence electrons. The van der Waals surface area contributed by atoms with Gasteiger partial charge < -0.3 is 9.30 Å². The smallest absolute Gasteiger partial charge is 0.270 e. The summed E-state index contributed by atoms with van der Waals surface area (Å²) in [6.07, 6.45) is 1.59. The summed E-state index contributed by atoms with van der Waals surface area (Å²) in [6, 6.07) is 4.71. The first-order valence-electron chi connectivity index (χ1n) is 5.75. The molecule has 19 heavy (non-hydrogen) atoms. The molecule has 7 heteroatoms. The summed E-state index contributed by atoms with van der Waals surface area (Å²) in [5, 5.41) is 18.7. The molecular formula is C12H14N4O3. The lowest BCUT2D eigenvalue weighted by Gasteiger charge is -2.08. The van der Waals surface area contributed by atoms with Gasteiger partial charge in [-0.15, -0.1) is 10.2 Å². The van der Waals surface area contributed by atoms with E-state index in [2.05, 4.69) is 10.2 Å². The third kappa shape index (κ3) is 2.76. The molecule has 0 atom stereocenters. The number of rotatable bonds is 5. The second kappa shape index (κ2) is 5.57. The highest BCUT2D eigenvalue weighted by Crippen LogP contribution is 2.25. The number of nitrogens with zero attached hydrogens (tertiary/aromatic N) is 4. The molecule has 0 aliphatic carbocycles. The second-order valence-corrected chi connectivity index (χ2v) is 4.10. The number of ether oxygens (including phenoxy) is 1. The summed E-state index contributed by atoms with van der Waals surface area (Å²) in [5.74, 6) is 0.609. The van der Waals surface area contributed by atoms with Crippen LogP contribution in [0.25, 0.3) is 11.4 Å². The van der Waals surface area contributed by atoms with E-state index in [1.165, 1.54) is 12.1 Å². The molecule has 0 fully saturated rings. The maximum absolute atomic E-state index is 10.8. The lowest BCUT2D eigenvalue weighted by molar-refractivity contribution is -0.384. The number of hydrogen-bond donors (Lipinski definition) is 0. The van der Waals surface area contributed by atoms with Crippen LogP contribution in [0.3, 0.4) is 0 Å². The Balaban J connectivity index is 2.43. The minimum Gasteiger partial charge on any atom is -0.383 e. The lowest BCUT2D eigenvalue weighted by Crippen LogP contribution is -2.05. The number of hydrogen-bond acceptors (Lipinski definition) is 5. The highest BCUT2D eigenvalue weighted by Gasteiger charge is 2.14.